The Morgan fingerprint density at radius 2 is 1.83 bits per heavy atom. The van der Waals surface area contributed by atoms with E-state index >= 15 is 0 Å². The van der Waals surface area contributed by atoms with Crippen molar-refractivity contribution in [1.82, 2.24) is 24.9 Å². The van der Waals surface area contributed by atoms with Gasteiger partial charge in [0.1, 0.15) is 17.6 Å². The number of fused-ring (bicyclic) bond motifs is 1. The van der Waals surface area contributed by atoms with Gasteiger partial charge in [0.05, 0.1) is 24.3 Å². The van der Waals surface area contributed by atoms with Crippen LogP contribution in [0.5, 0.6) is 5.75 Å². The molecule has 0 bridgehead atoms. The minimum absolute atomic E-state index is 0.166. The van der Waals surface area contributed by atoms with E-state index in [0.29, 0.717) is 29.2 Å². The van der Waals surface area contributed by atoms with Crippen molar-refractivity contribution in [2.45, 2.75) is 6.54 Å². The van der Waals surface area contributed by atoms with Crippen molar-refractivity contribution in [2.75, 3.05) is 4.90 Å². The smallest absolute Gasteiger partial charge is 0.182 e. The number of anilines is 2. The standard InChI is InChI=1S/C17H14N6O/c24-14-7-2-1-6-13(14)23(9-12-5-3-4-8-18-12)17-15-16(20-10-19-15)21-11-22-17/h1-8,10-11,24H,9H2,(H,19,20,21,22). The number of phenols is 1. The molecule has 24 heavy (non-hydrogen) atoms. The Morgan fingerprint density at radius 1 is 0.958 bits per heavy atom. The summed E-state index contributed by atoms with van der Waals surface area (Å²) in [5.74, 6) is 0.796. The predicted octanol–water partition coefficient (Wildman–Crippen LogP) is 2.79. The van der Waals surface area contributed by atoms with E-state index in [4.69, 9.17) is 0 Å². The number of hydrogen-bond donors (Lipinski definition) is 2. The third-order valence-corrected chi connectivity index (χ3v) is 3.68. The fourth-order valence-corrected chi connectivity index (χ4v) is 2.58. The maximum atomic E-state index is 10.3. The molecule has 0 atom stereocenters. The summed E-state index contributed by atoms with van der Waals surface area (Å²) in [5.41, 5.74) is 2.77. The SMILES string of the molecule is Oc1ccccc1N(Cc1ccccn1)c1ncnc2nc[nH]c12. The molecule has 0 spiro atoms. The number of rotatable bonds is 4. The lowest BCUT2D eigenvalue weighted by atomic mass is 10.2. The molecule has 1 aromatic carbocycles. The number of nitrogens with zero attached hydrogens (tertiary/aromatic N) is 5. The average molecular weight is 318 g/mol. The third-order valence-electron chi connectivity index (χ3n) is 3.68. The van der Waals surface area contributed by atoms with Gasteiger partial charge in [-0.25, -0.2) is 15.0 Å². The zero-order chi connectivity index (χ0) is 16.4. The number of aromatic amines is 1. The van der Waals surface area contributed by atoms with Crippen LogP contribution in [0.1, 0.15) is 5.69 Å². The minimum atomic E-state index is 0.166. The number of nitrogens with one attached hydrogen (secondary N) is 1. The molecule has 0 radical (unpaired) electrons. The van der Waals surface area contributed by atoms with Gasteiger partial charge in [-0.15, -0.1) is 0 Å². The number of aromatic nitrogens is 5. The molecule has 3 aromatic heterocycles. The highest BCUT2D eigenvalue weighted by Gasteiger charge is 2.19. The van der Waals surface area contributed by atoms with Crippen molar-refractivity contribution in [3.63, 3.8) is 0 Å². The van der Waals surface area contributed by atoms with Gasteiger partial charge in [-0.05, 0) is 24.3 Å². The molecule has 3 heterocycles. The normalized spacial score (nSPS) is 10.8. The number of pyridine rings is 1. The van der Waals surface area contributed by atoms with Gasteiger partial charge < -0.3 is 15.0 Å². The van der Waals surface area contributed by atoms with Gasteiger partial charge in [0.2, 0.25) is 0 Å². The Morgan fingerprint density at radius 3 is 2.67 bits per heavy atom. The number of imidazole rings is 1. The Labute approximate surface area is 137 Å². The van der Waals surface area contributed by atoms with E-state index in [-0.39, 0.29) is 5.75 Å². The number of para-hydroxylation sites is 2. The first-order valence-corrected chi connectivity index (χ1v) is 7.42. The first kappa shape index (κ1) is 14.1. The maximum absolute atomic E-state index is 10.3. The molecule has 118 valence electrons. The van der Waals surface area contributed by atoms with E-state index in [1.54, 1.807) is 24.7 Å². The van der Waals surface area contributed by atoms with Crippen molar-refractivity contribution >= 4 is 22.7 Å². The molecule has 2 N–H and O–H groups in total. The van der Waals surface area contributed by atoms with Crippen molar-refractivity contribution in [3.05, 3.63) is 67.0 Å². The van der Waals surface area contributed by atoms with E-state index in [9.17, 15) is 5.11 Å². The van der Waals surface area contributed by atoms with Crippen molar-refractivity contribution in [1.29, 1.82) is 0 Å². The molecule has 0 aliphatic heterocycles. The summed E-state index contributed by atoms with van der Waals surface area (Å²) in [5, 5.41) is 10.3. The zero-order valence-corrected chi connectivity index (χ0v) is 12.7. The van der Waals surface area contributed by atoms with Crippen LogP contribution in [0.4, 0.5) is 11.5 Å². The van der Waals surface area contributed by atoms with Crippen molar-refractivity contribution in [2.24, 2.45) is 0 Å². The number of H-pyrrole nitrogens is 1. The summed E-state index contributed by atoms with van der Waals surface area (Å²) in [6, 6.07) is 12.9. The second-order valence-electron chi connectivity index (χ2n) is 5.19. The average Bonchev–Trinajstić information content (AvgIpc) is 3.10. The van der Waals surface area contributed by atoms with Crippen LogP contribution in [0.15, 0.2) is 61.3 Å². The molecule has 0 aliphatic carbocycles. The Kier molecular flexibility index (Phi) is 3.51. The Balaban J connectivity index is 1.87. The molecule has 0 saturated heterocycles. The van der Waals surface area contributed by atoms with Crippen LogP contribution in [-0.2, 0) is 6.54 Å². The minimum Gasteiger partial charge on any atom is -0.506 e. The Bertz CT molecular complexity index is 969. The quantitative estimate of drug-likeness (QED) is 0.601. The first-order chi connectivity index (χ1) is 11.8. The van der Waals surface area contributed by atoms with E-state index in [2.05, 4.69) is 24.9 Å². The summed E-state index contributed by atoms with van der Waals surface area (Å²) in [4.78, 5) is 22.0. The number of benzene rings is 1. The summed E-state index contributed by atoms with van der Waals surface area (Å²) < 4.78 is 0. The van der Waals surface area contributed by atoms with Crippen molar-refractivity contribution in [3.8, 4) is 5.75 Å². The van der Waals surface area contributed by atoms with Crippen LogP contribution in [0, 0.1) is 0 Å². The van der Waals surface area contributed by atoms with E-state index in [0.717, 1.165) is 5.69 Å². The summed E-state index contributed by atoms with van der Waals surface area (Å²) >= 11 is 0. The highest BCUT2D eigenvalue weighted by Crippen LogP contribution is 2.35. The van der Waals surface area contributed by atoms with Crippen LogP contribution in [0.3, 0.4) is 0 Å². The Hall–Kier alpha value is -3.48. The van der Waals surface area contributed by atoms with Crippen LogP contribution >= 0.6 is 0 Å². The lowest BCUT2D eigenvalue weighted by molar-refractivity contribution is 0.475. The molecule has 7 heteroatoms. The fraction of sp³-hybridized carbons (Fsp3) is 0.0588. The molecule has 4 rings (SSSR count). The van der Waals surface area contributed by atoms with Crippen LogP contribution in [0.2, 0.25) is 0 Å². The predicted molar refractivity (Wildman–Crippen MR) is 89.9 cm³/mol. The van der Waals surface area contributed by atoms with Gasteiger partial charge in [-0.3, -0.25) is 4.98 Å². The van der Waals surface area contributed by atoms with Crippen LogP contribution in [-0.4, -0.2) is 30.0 Å². The fourth-order valence-electron chi connectivity index (χ4n) is 2.58. The molecular weight excluding hydrogens is 304 g/mol. The molecule has 0 amide bonds. The van der Waals surface area contributed by atoms with Gasteiger partial charge >= 0.3 is 0 Å². The van der Waals surface area contributed by atoms with Gasteiger partial charge in [-0.2, -0.15) is 0 Å². The van der Waals surface area contributed by atoms with E-state index < -0.39 is 0 Å². The van der Waals surface area contributed by atoms with Crippen LogP contribution < -0.4 is 4.90 Å². The highest BCUT2D eigenvalue weighted by molar-refractivity contribution is 5.86. The second kappa shape index (κ2) is 5.96. The summed E-state index contributed by atoms with van der Waals surface area (Å²) in [6.07, 6.45) is 4.78. The lowest BCUT2D eigenvalue weighted by Crippen LogP contribution is -2.19. The maximum Gasteiger partial charge on any atom is 0.182 e. The largest absolute Gasteiger partial charge is 0.506 e. The van der Waals surface area contributed by atoms with Crippen LogP contribution in [0.25, 0.3) is 11.2 Å². The molecule has 4 aromatic rings. The van der Waals surface area contributed by atoms with E-state index in [1.807, 2.05) is 35.2 Å². The summed E-state index contributed by atoms with van der Waals surface area (Å²) in [6.45, 7) is 0.448. The third kappa shape index (κ3) is 2.52. The number of hydrogen-bond acceptors (Lipinski definition) is 6. The topological polar surface area (TPSA) is 90.8 Å². The summed E-state index contributed by atoms with van der Waals surface area (Å²) in [7, 11) is 0. The molecular formula is C17H14N6O. The molecule has 7 nitrogen and oxygen atoms in total. The van der Waals surface area contributed by atoms with Gasteiger partial charge in [-0.1, -0.05) is 18.2 Å². The first-order valence-electron chi connectivity index (χ1n) is 7.42. The zero-order valence-electron chi connectivity index (χ0n) is 12.7. The highest BCUT2D eigenvalue weighted by atomic mass is 16.3. The number of aromatic hydroxyl groups is 1. The van der Waals surface area contributed by atoms with Gasteiger partial charge in [0.15, 0.2) is 11.5 Å². The lowest BCUT2D eigenvalue weighted by Gasteiger charge is -2.24. The monoisotopic (exact) mass is 318 g/mol. The van der Waals surface area contributed by atoms with Crippen molar-refractivity contribution < 1.29 is 5.11 Å². The van der Waals surface area contributed by atoms with E-state index in [1.165, 1.54) is 6.33 Å². The molecule has 0 saturated carbocycles. The molecule has 0 unspecified atom stereocenters. The second-order valence-corrected chi connectivity index (χ2v) is 5.19. The molecule has 0 fully saturated rings. The van der Waals surface area contributed by atoms with Gasteiger partial charge in [0, 0.05) is 6.20 Å². The molecule has 0 aliphatic rings. The van der Waals surface area contributed by atoms with Gasteiger partial charge in [0.25, 0.3) is 0 Å². The number of phenolic OH excluding ortho intramolecular Hbond substituents is 1.